The fourth-order valence-electron chi connectivity index (χ4n) is 1.59. The smallest absolute Gasteiger partial charge is 0.230 e. The summed E-state index contributed by atoms with van der Waals surface area (Å²) in [5.74, 6) is 1.37. The van der Waals surface area contributed by atoms with Gasteiger partial charge in [0.1, 0.15) is 0 Å². The van der Waals surface area contributed by atoms with E-state index in [1.54, 1.807) is 0 Å². The predicted molar refractivity (Wildman–Crippen MR) is 65.5 cm³/mol. The molecule has 4 heteroatoms. The van der Waals surface area contributed by atoms with Crippen LogP contribution in [0.3, 0.4) is 0 Å². The summed E-state index contributed by atoms with van der Waals surface area (Å²) in [4.78, 5) is 0. The summed E-state index contributed by atoms with van der Waals surface area (Å²) in [7, 11) is 0. The molecule has 2 aromatic rings. The molecule has 0 saturated heterocycles. The lowest BCUT2D eigenvalue weighted by Gasteiger charge is -1.97. The molecule has 17 heavy (non-hydrogen) atoms. The molecule has 0 amide bonds. The van der Waals surface area contributed by atoms with E-state index >= 15 is 0 Å². The fourth-order valence-corrected chi connectivity index (χ4v) is 1.59. The van der Waals surface area contributed by atoms with Crippen molar-refractivity contribution in [3.05, 3.63) is 47.7 Å². The second-order valence-electron chi connectivity index (χ2n) is 3.86. The minimum absolute atomic E-state index is 0.648. The van der Waals surface area contributed by atoms with E-state index in [4.69, 9.17) is 4.42 Å². The Morgan fingerprint density at radius 2 is 1.82 bits per heavy atom. The predicted octanol–water partition coefficient (Wildman–Crippen LogP) is 1.96. The zero-order chi connectivity index (χ0) is 11.9. The molecule has 0 radical (unpaired) electrons. The monoisotopic (exact) mass is 231 g/mol. The highest BCUT2D eigenvalue weighted by Gasteiger charge is 2.05. The van der Waals surface area contributed by atoms with Gasteiger partial charge in [-0.1, -0.05) is 37.3 Å². The summed E-state index contributed by atoms with van der Waals surface area (Å²) in [6.45, 7) is 3.60. The van der Waals surface area contributed by atoms with Crippen molar-refractivity contribution >= 4 is 0 Å². The average molecular weight is 231 g/mol. The first-order valence-electron chi connectivity index (χ1n) is 5.94. The van der Waals surface area contributed by atoms with Crippen LogP contribution in [0.15, 0.2) is 34.7 Å². The molecule has 0 unspecified atom stereocenters. The molecule has 0 aliphatic rings. The molecule has 1 aromatic carbocycles. The third kappa shape index (κ3) is 3.67. The molecule has 0 aliphatic carbocycles. The van der Waals surface area contributed by atoms with Gasteiger partial charge in [0.2, 0.25) is 11.8 Å². The van der Waals surface area contributed by atoms with Gasteiger partial charge in [0.25, 0.3) is 0 Å². The SMILES string of the molecule is CCNCc1nnc(CCc2ccccc2)o1. The molecular weight excluding hydrogens is 214 g/mol. The van der Waals surface area contributed by atoms with Crippen LogP contribution in [0.25, 0.3) is 0 Å². The Morgan fingerprint density at radius 3 is 2.59 bits per heavy atom. The zero-order valence-corrected chi connectivity index (χ0v) is 10.0. The molecule has 0 saturated carbocycles. The average Bonchev–Trinajstić information content (AvgIpc) is 2.83. The highest BCUT2D eigenvalue weighted by molar-refractivity contribution is 5.15. The molecule has 2 rings (SSSR count). The molecule has 4 nitrogen and oxygen atoms in total. The Hall–Kier alpha value is -1.68. The molecular formula is C13H17N3O. The van der Waals surface area contributed by atoms with Crippen LogP contribution in [0.1, 0.15) is 24.3 Å². The number of benzene rings is 1. The summed E-state index contributed by atoms with van der Waals surface area (Å²) in [6, 6.07) is 10.3. The van der Waals surface area contributed by atoms with Crippen molar-refractivity contribution in [3.8, 4) is 0 Å². The summed E-state index contributed by atoms with van der Waals surface area (Å²) in [5.41, 5.74) is 1.29. The molecule has 0 bridgehead atoms. The van der Waals surface area contributed by atoms with E-state index in [1.165, 1.54) is 5.56 Å². The van der Waals surface area contributed by atoms with Crippen molar-refractivity contribution in [3.63, 3.8) is 0 Å². The van der Waals surface area contributed by atoms with Crippen LogP contribution < -0.4 is 5.32 Å². The van der Waals surface area contributed by atoms with Gasteiger partial charge in [-0.05, 0) is 18.5 Å². The summed E-state index contributed by atoms with van der Waals surface area (Å²) in [6.07, 6.45) is 1.73. The highest BCUT2D eigenvalue weighted by Crippen LogP contribution is 2.06. The van der Waals surface area contributed by atoms with Gasteiger partial charge in [0.15, 0.2) is 0 Å². The Morgan fingerprint density at radius 1 is 1.06 bits per heavy atom. The lowest BCUT2D eigenvalue weighted by atomic mass is 10.1. The van der Waals surface area contributed by atoms with Crippen molar-refractivity contribution in [2.45, 2.75) is 26.3 Å². The molecule has 90 valence electrons. The molecule has 0 aliphatic heterocycles. The van der Waals surface area contributed by atoms with Crippen molar-refractivity contribution in [1.29, 1.82) is 0 Å². The maximum Gasteiger partial charge on any atom is 0.230 e. The quantitative estimate of drug-likeness (QED) is 0.825. The van der Waals surface area contributed by atoms with E-state index in [0.29, 0.717) is 18.3 Å². The van der Waals surface area contributed by atoms with Gasteiger partial charge in [-0.15, -0.1) is 10.2 Å². The van der Waals surface area contributed by atoms with Crippen molar-refractivity contribution in [1.82, 2.24) is 15.5 Å². The largest absolute Gasteiger partial charge is 0.424 e. The Bertz CT molecular complexity index is 439. The molecule has 1 heterocycles. The van der Waals surface area contributed by atoms with Crippen LogP contribution in [0.5, 0.6) is 0 Å². The third-order valence-corrected chi connectivity index (χ3v) is 2.51. The van der Waals surface area contributed by atoms with Gasteiger partial charge in [-0.2, -0.15) is 0 Å². The van der Waals surface area contributed by atoms with Gasteiger partial charge >= 0.3 is 0 Å². The lowest BCUT2D eigenvalue weighted by molar-refractivity contribution is 0.434. The summed E-state index contributed by atoms with van der Waals surface area (Å²) < 4.78 is 5.52. The summed E-state index contributed by atoms with van der Waals surface area (Å²) in [5, 5.41) is 11.2. The topological polar surface area (TPSA) is 51.0 Å². The maximum absolute atomic E-state index is 5.52. The Kier molecular flexibility index (Phi) is 4.27. The first-order chi connectivity index (χ1) is 8.38. The minimum Gasteiger partial charge on any atom is -0.424 e. The number of aryl methyl sites for hydroxylation is 2. The van der Waals surface area contributed by atoms with Crippen LogP contribution in [0, 0.1) is 0 Å². The van der Waals surface area contributed by atoms with Gasteiger partial charge in [0.05, 0.1) is 6.54 Å². The first-order valence-corrected chi connectivity index (χ1v) is 5.94. The first kappa shape index (κ1) is 11.8. The molecule has 0 spiro atoms. The highest BCUT2D eigenvalue weighted by atomic mass is 16.4. The minimum atomic E-state index is 0.648. The Labute approximate surface area is 101 Å². The number of nitrogens with zero attached hydrogens (tertiary/aromatic N) is 2. The molecule has 0 atom stereocenters. The van der Waals surface area contributed by atoms with E-state index in [9.17, 15) is 0 Å². The van der Waals surface area contributed by atoms with Gasteiger partial charge in [-0.3, -0.25) is 0 Å². The van der Waals surface area contributed by atoms with E-state index in [2.05, 4.69) is 27.6 Å². The van der Waals surface area contributed by atoms with Gasteiger partial charge < -0.3 is 9.73 Å². The fraction of sp³-hybridized carbons (Fsp3) is 0.385. The number of hydrogen-bond acceptors (Lipinski definition) is 4. The van der Waals surface area contributed by atoms with Gasteiger partial charge in [-0.25, -0.2) is 0 Å². The van der Waals surface area contributed by atoms with Crippen LogP contribution in [0.4, 0.5) is 0 Å². The van der Waals surface area contributed by atoms with Crippen molar-refractivity contribution in [2.75, 3.05) is 6.54 Å². The normalized spacial score (nSPS) is 10.6. The van der Waals surface area contributed by atoms with E-state index in [0.717, 1.165) is 19.4 Å². The van der Waals surface area contributed by atoms with Crippen LogP contribution in [-0.2, 0) is 19.4 Å². The zero-order valence-electron chi connectivity index (χ0n) is 10.0. The number of rotatable bonds is 6. The molecule has 0 fully saturated rings. The van der Waals surface area contributed by atoms with Crippen LogP contribution in [-0.4, -0.2) is 16.7 Å². The lowest BCUT2D eigenvalue weighted by Crippen LogP contribution is -2.11. The molecule has 1 aromatic heterocycles. The van der Waals surface area contributed by atoms with Crippen molar-refractivity contribution < 1.29 is 4.42 Å². The second kappa shape index (κ2) is 6.15. The number of aromatic nitrogens is 2. The summed E-state index contributed by atoms with van der Waals surface area (Å²) >= 11 is 0. The van der Waals surface area contributed by atoms with Gasteiger partial charge in [0, 0.05) is 6.42 Å². The Balaban J connectivity index is 1.85. The van der Waals surface area contributed by atoms with Crippen molar-refractivity contribution in [2.24, 2.45) is 0 Å². The molecule has 1 N–H and O–H groups in total. The number of nitrogens with one attached hydrogen (secondary N) is 1. The van der Waals surface area contributed by atoms with E-state index in [-0.39, 0.29) is 0 Å². The van der Waals surface area contributed by atoms with Crippen LogP contribution in [0.2, 0.25) is 0 Å². The standard InChI is InChI=1S/C13H17N3O/c1-2-14-10-13-16-15-12(17-13)9-8-11-6-4-3-5-7-11/h3-7,14H,2,8-10H2,1H3. The van der Waals surface area contributed by atoms with Crippen LogP contribution >= 0.6 is 0 Å². The van der Waals surface area contributed by atoms with E-state index < -0.39 is 0 Å². The third-order valence-electron chi connectivity index (χ3n) is 2.51. The second-order valence-corrected chi connectivity index (χ2v) is 3.86. The number of hydrogen-bond donors (Lipinski definition) is 1. The maximum atomic E-state index is 5.52. The van der Waals surface area contributed by atoms with E-state index in [1.807, 2.05) is 25.1 Å².